The van der Waals surface area contributed by atoms with Gasteiger partial charge in [-0.1, -0.05) is 34.1 Å². The monoisotopic (exact) mass is 409 g/mol. The Labute approximate surface area is 165 Å². The molecule has 1 N–H and O–H groups in total. The highest BCUT2D eigenvalue weighted by molar-refractivity contribution is 7.89. The number of carbonyl (C=O) groups is 1. The summed E-state index contributed by atoms with van der Waals surface area (Å²) in [6.45, 7) is 8.86. The van der Waals surface area contributed by atoms with E-state index in [-0.39, 0.29) is 10.8 Å². The number of aromatic nitrogens is 1. The van der Waals surface area contributed by atoms with Gasteiger partial charge in [0.25, 0.3) is 5.91 Å². The van der Waals surface area contributed by atoms with Gasteiger partial charge >= 0.3 is 0 Å². The van der Waals surface area contributed by atoms with Gasteiger partial charge in [-0.15, -0.1) is 11.3 Å². The zero-order valence-electron chi connectivity index (χ0n) is 16.2. The van der Waals surface area contributed by atoms with Crippen molar-refractivity contribution in [1.29, 1.82) is 0 Å². The highest BCUT2D eigenvalue weighted by atomic mass is 32.2. The van der Waals surface area contributed by atoms with Gasteiger partial charge in [0.15, 0.2) is 5.13 Å². The summed E-state index contributed by atoms with van der Waals surface area (Å²) in [5.41, 5.74) is 1.33. The quantitative estimate of drug-likeness (QED) is 0.668. The molecule has 0 bridgehead atoms. The predicted octanol–water partition coefficient (Wildman–Crippen LogP) is 4.33. The van der Waals surface area contributed by atoms with E-state index in [1.54, 1.807) is 0 Å². The lowest BCUT2D eigenvalue weighted by Gasteiger charge is -2.20. The first-order chi connectivity index (χ1) is 12.8. The second kappa shape index (κ2) is 9.43. The molecule has 0 aliphatic heterocycles. The van der Waals surface area contributed by atoms with E-state index in [4.69, 9.17) is 0 Å². The van der Waals surface area contributed by atoms with Gasteiger partial charge in [-0.25, -0.2) is 13.4 Å². The SMILES string of the molecule is CCCCN(CC)S(=O)(=O)c1ccc(C(=O)Nc2nc(C(C)C)cs2)cc1. The molecule has 148 valence electrons. The molecule has 0 radical (unpaired) electrons. The summed E-state index contributed by atoms with van der Waals surface area (Å²) >= 11 is 1.38. The molecule has 0 atom stereocenters. The number of anilines is 1. The number of rotatable bonds is 9. The lowest BCUT2D eigenvalue weighted by atomic mass is 10.2. The highest BCUT2D eigenvalue weighted by Gasteiger charge is 2.22. The van der Waals surface area contributed by atoms with Crippen LogP contribution < -0.4 is 5.32 Å². The van der Waals surface area contributed by atoms with Gasteiger partial charge in [0, 0.05) is 24.0 Å². The minimum absolute atomic E-state index is 0.202. The van der Waals surface area contributed by atoms with E-state index in [1.807, 2.05) is 33.1 Å². The third kappa shape index (κ3) is 5.37. The fourth-order valence-corrected chi connectivity index (χ4v) is 4.84. The Balaban J connectivity index is 2.12. The van der Waals surface area contributed by atoms with E-state index in [9.17, 15) is 13.2 Å². The zero-order valence-corrected chi connectivity index (χ0v) is 17.9. The summed E-state index contributed by atoms with van der Waals surface area (Å²) in [5.74, 6) is -0.00690. The maximum absolute atomic E-state index is 12.7. The molecule has 1 aromatic heterocycles. The van der Waals surface area contributed by atoms with Gasteiger partial charge in [0.1, 0.15) is 0 Å². The minimum atomic E-state index is -3.54. The zero-order chi connectivity index (χ0) is 20.0. The molecule has 6 nitrogen and oxygen atoms in total. The molecule has 0 unspecified atom stereocenters. The number of sulfonamides is 1. The molecule has 1 aromatic carbocycles. The van der Waals surface area contributed by atoms with Crippen LogP contribution in [0.5, 0.6) is 0 Å². The second-order valence-corrected chi connectivity index (χ2v) is 9.36. The van der Waals surface area contributed by atoms with Crippen molar-refractivity contribution in [2.75, 3.05) is 18.4 Å². The molecule has 2 aromatic rings. The van der Waals surface area contributed by atoms with Crippen molar-refractivity contribution in [3.05, 3.63) is 40.9 Å². The van der Waals surface area contributed by atoms with Crippen LogP contribution in [-0.2, 0) is 10.0 Å². The predicted molar refractivity (Wildman–Crippen MR) is 110 cm³/mol. The van der Waals surface area contributed by atoms with Gasteiger partial charge in [-0.3, -0.25) is 10.1 Å². The minimum Gasteiger partial charge on any atom is -0.298 e. The van der Waals surface area contributed by atoms with Crippen molar-refractivity contribution in [2.45, 2.75) is 51.3 Å². The molecule has 0 spiro atoms. The first-order valence-electron chi connectivity index (χ1n) is 9.16. The van der Waals surface area contributed by atoms with Gasteiger partial charge in [0.2, 0.25) is 10.0 Å². The number of unbranched alkanes of at least 4 members (excludes halogenated alkanes) is 1. The van der Waals surface area contributed by atoms with E-state index in [1.165, 1.54) is 39.9 Å². The Morgan fingerprint density at radius 2 is 1.89 bits per heavy atom. The number of nitrogens with zero attached hydrogens (tertiary/aromatic N) is 2. The van der Waals surface area contributed by atoms with Crippen LogP contribution in [0.4, 0.5) is 5.13 Å². The number of benzene rings is 1. The summed E-state index contributed by atoms with van der Waals surface area (Å²) in [6.07, 6.45) is 1.75. The number of amides is 1. The van der Waals surface area contributed by atoms with E-state index in [0.29, 0.717) is 29.7 Å². The summed E-state index contributed by atoms with van der Waals surface area (Å²) in [6, 6.07) is 6.04. The topological polar surface area (TPSA) is 79.4 Å². The third-order valence-electron chi connectivity index (χ3n) is 4.20. The number of hydrogen-bond acceptors (Lipinski definition) is 5. The van der Waals surface area contributed by atoms with Gasteiger partial charge in [-0.2, -0.15) is 4.31 Å². The van der Waals surface area contributed by atoms with Crippen molar-refractivity contribution in [2.24, 2.45) is 0 Å². The Morgan fingerprint density at radius 3 is 2.41 bits per heavy atom. The van der Waals surface area contributed by atoms with Gasteiger partial charge in [0.05, 0.1) is 10.6 Å². The Kier molecular flexibility index (Phi) is 7.52. The number of carbonyl (C=O) groups excluding carboxylic acids is 1. The Morgan fingerprint density at radius 1 is 1.22 bits per heavy atom. The van der Waals surface area contributed by atoms with Crippen LogP contribution in [0.25, 0.3) is 0 Å². The average Bonchev–Trinajstić information content (AvgIpc) is 3.11. The van der Waals surface area contributed by atoms with Crippen molar-refractivity contribution in [1.82, 2.24) is 9.29 Å². The Bertz CT molecular complexity index is 859. The first kappa shape index (κ1) is 21.5. The van der Waals surface area contributed by atoms with Crippen LogP contribution in [-0.4, -0.2) is 36.7 Å². The van der Waals surface area contributed by atoms with E-state index in [0.717, 1.165) is 18.5 Å². The molecule has 2 rings (SSSR count). The maximum Gasteiger partial charge on any atom is 0.257 e. The van der Waals surface area contributed by atoms with Crippen molar-refractivity contribution < 1.29 is 13.2 Å². The molecule has 0 aliphatic carbocycles. The second-order valence-electron chi connectivity index (χ2n) is 6.56. The standard InChI is InChI=1S/C19H27N3O3S2/c1-5-7-12-22(6-2)27(24,25)16-10-8-15(9-11-16)18(23)21-19-20-17(13-26-19)14(3)4/h8-11,13-14H,5-7,12H2,1-4H3,(H,20,21,23). The number of nitrogens with one attached hydrogen (secondary N) is 1. The Hall–Kier alpha value is -1.77. The summed E-state index contributed by atoms with van der Waals surface area (Å²) in [5, 5.41) is 5.22. The molecule has 0 saturated carbocycles. The van der Waals surface area contributed by atoms with Crippen molar-refractivity contribution >= 4 is 32.4 Å². The molecule has 1 amide bonds. The van der Waals surface area contributed by atoms with E-state index >= 15 is 0 Å². The highest BCUT2D eigenvalue weighted by Crippen LogP contribution is 2.22. The van der Waals surface area contributed by atoms with Crippen molar-refractivity contribution in [3.63, 3.8) is 0 Å². The fourth-order valence-electron chi connectivity index (χ4n) is 2.49. The lowest BCUT2D eigenvalue weighted by Crippen LogP contribution is -2.31. The van der Waals surface area contributed by atoms with E-state index in [2.05, 4.69) is 10.3 Å². The lowest BCUT2D eigenvalue weighted by molar-refractivity contribution is 0.102. The molecular weight excluding hydrogens is 382 g/mol. The fraction of sp³-hybridized carbons (Fsp3) is 0.474. The smallest absolute Gasteiger partial charge is 0.257 e. The first-order valence-corrected chi connectivity index (χ1v) is 11.5. The molecule has 1 heterocycles. The summed E-state index contributed by atoms with van der Waals surface area (Å²) in [7, 11) is -3.54. The van der Waals surface area contributed by atoms with Crippen LogP contribution in [0.15, 0.2) is 34.5 Å². The van der Waals surface area contributed by atoms with Crippen LogP contribution in [0.3, 0.4) is 0 Å². The third-order valence-corrected chi connectivity index (χ3v) is 6.97. The number of hydrogen-bond donors (Lipinski definition) is 1. The average molecular weight is 410 g/mol. The van der Waals surface area contributed by atoms with E-state index < -0.39 is 10.0 Å². The van der Waals surface area contributed by atoms with Crippen molar-refractivity contribution in [3.8, 4) is 0 Å². The normalized spacial score (nSPS) is 11.9. The van der Waals surface area contributed by atoms with Crippen LogP contribution in [0.2, 0.25) is 0 Å². The van der Waals surface area contributed by atoms with Gasteiger partial charge < -0.3 is 0 Å². The molecule has 8 heteroatoms. The molecular formula is C19H27N3O3S2. The maximum atomic E-state index is 12.7. The van der Waals surface area contributed by atoms with Crippen LogP contribution in [0.1, 0.15) is 62.5 Å². The van der Waals surface area contributed by atoms with Crippen LogP contribution >= 0.6 is 11.3 Å². The molecule has 27 heavy (non-hydrogen) atoms. The number of thiazole rings is 1. The van der Waals surface area contributed by atoms with Gasteiger partial charge in [-0.05, 0) is 36.6 Å². The summed E-state index contributed by atoms with van der Waals surface area (Å²) in [4.78, 5) is 17.0. The van der Waals surface area contributed by atoms with Crippen LogP contribution in [0, 0.1) is 0 Å². The molecule has 0 aliphatic rings. The summed E-state index contributed by atoms with van der Waals surface area (Å²) < 4.78 is 26.9. The molecule has 0 saturated heterocycles. The molecule has 0 fully saturated rings. The largest absolute Gasteiger partial charge is 0.298 e.